The molecule has 9 heteroatoms. The van der Waals surface area contributed by atoms with Crippen molar-refractivity contribution in [3.05, 3.63) is 53.1 Å². The zero-order chi connectivity index (χ0) is 21.6. The van der Waals surface area contributed by atoms with E-state index >= 15 is 0 Å². The van der Waals surface area contributed by atoms with Gasteiger partial charge in [0.1, 0.15) is 6.54 Å². The van der Waals surface area contributed by atoms with Gasteiger partial charge in [0.25, 0.3) is 5.91 Å². The van der Waals surface area contributed by atoms with Crippen LogP contribution in [0.4, 0.5) is 5.69 Å². The third-order valence-electron chi connectivity index (χ3n) is 4.20. The zero-order valence-corrected chi connectivity index (χ0v) is 17.9. The summed E-state index contributed by atoms with van der Waals surface area (Å²) in [4.78, 5) is 12.4. The van der Waals surface area contributed by atoms with Crippen LogP contribution in [0.5, 0.6) is 11.5 Å². The number of hydrogen-bond acceptors (Lipinski definition) is 6. The van der Waals surface area contributed by atoms with E-state index in [1.54, 1.807) is 44.2 Å². The van der Waals surface area contributed by atoms with Crippen LogP contribution in [0.25, 0.3) is 0 Å². The van der Waals surface area contributed by atoms with Gasteiger partial charge in [-0.2, -0.15) is 5.10 Å². The zero-order valence-electron chi connectivity index (χ0n) is 17.1. The molecule has 0 radical (unpaired) electrons. The fourth-order valence-electron chi connectivity index (χ4n) is 2.91. The molecule has 2 aromatic carbocycles. The van der Waals surface area contributed by atoms with Crippen LogP contribution >= 0.6 is 0 Å². The average molecular weight is 420 g/mol. The third kappa shape index (κ3) is 5.47. The molecule has 0 bridgehead atoms. The lowest BCUT2D eigenvalue weighted by Crippen LogP contribution is -2.39. The molecule has 0 heterocycles. The first-order valence-corrected chi connectivity index (χ1v) is 10.6. The highest BCUT2D eigenvalue weighted by atomic mass is 32.2. The molecule has 1 amide bonds. The predicted octanol–water partition coefficient (Wildman–Crippen LogP) is 2.24. The first-order valence-electron chi connectivity index (χ1n) is 8.75. The molecule has 0 aliphatic carbocycles. The lowest BCUT2D eigenvalue weighted by atomic mass is 10.1. The lowest BCUT2D eigenvalue weighted by molar-refractivity contribution is -0.119. The first-order chi connectivity index (χ1) is 13.7. The Morgan fingerprint density at radius 2 is 1.72 bits per heavy atom. The van der Waals surface area contributed by atoms with Crippen molar-refractivity contribution < 1.29 is 22.7 Å². The summed E-state index contributed by atoms with van der Waals surface area (Å²) in [7, 11) is -0.647. The molecule has 0 atom stereocenters. The topological polar surface area (TPSA) is 97.3 Å². The number of carbonyl (C=O) groups is 1. The molecule has 1 N–H and O–H groups in total. The van der Waals surface area contributed by atoms with Gasteiger partial charge in [-0.3, -0.25) is 9.10 Å². The highest BCUT2D eigenvalue weighted by Crippen LogP contribution is 2.29. The van der Waals surface area contributed by atoms with Crippen molar-refractivity contribution in [3.63, 3.8) is 0 Å². The van der Waals surface area contributed by atoms with E-state index in [0.717, 1.165) is 21.7 Å². The Morgan fingerprint density at radius 3 is 2.28 bits per heavy atom. The van der Waals surface area contributed by atoms with Crippen LogP contribution < -0.4 is 19.2 Å². The van der Waals surface area contributed by atoms with Gasteiger partial charge in [0, 0.05) is 5.56 Å². The second-order valence-corrected chi connectivity index (χ2v) is 8.29. The van der Waals surface area contributed by atoms with Gasteiger partial charge in [0.2, 0.25) is 10.0 Å². The number of para-hydroxylation sites is 2. The molecule has 0 aliphatic heterocycles. The molecule has 0 fully saturated rings. The summed E-state index contributed by atoms with van der Waals surface area (Å²) in [6, 6.07) is 10.7. The Morgan fingerprint density at radius 1 is 1.10 bits per heavy atom. The molecule has 156 valence electrons. The standard InChI is InChI=1S/C20H25N3O5S/c1-14-8-6-9-15(2)19(14)23(29(5,25)26)13-18(24)22-21-12-16-10-7-11-17(27-3)20(16)28-4/h6-12H,13H2,1-5H3,(H,22,24)/b21-12+. The number of anilines is 1. The number of hydrogen-bond donors (Lipinski definition) is 1. The van der Waals surface area contributed by atoms with Crippen LogP contribution in [0.15, 0.2) is 41.5 Å². The minimum atomic E-state index is -3.67. The van der Waals surface area contributed by atoms with E-state index in [4.69, 9.17) is 9.47 Å². The number of nitrogens with one attached hydrogen (secondary N) is 1. The van der Waals surface area contributed by atoms with Crippen molar-refractivity contribution in [1.82, 2.24) is 5.43 Å². The number of ether oxygens (including phenoxy) is 2. The number of hydrazone groups is 1. The monoisotopic (exact) mass is 419 g/mol. The van der Waals surface area contributed by atoms with Gasteiger partial charge in [-0.05, 0) is 37.1 Å². The fraction of sp³-hybridized carbons (Fsp3) is 0.300. The number of aryl methyl sites for hydroxylation is 2. The van der Waals surface area contributed by atoms with E-state index in [-0.39, 0.29) is 0 Å². The Labute approximate surface area is 171 Å². The summed E-state index contributed by atoms with van der Waals surface area (Å²) >= 11 is 0. The molecular weight excluding hydrogens is 394 g/mol. The van der Waals surface area contributed by atoms with Crippen LogP contribution in [-0.4, -0.2) is 47.6 Å². The number of nitrogens with zero attached hydrogens (tertiary/aromatic N) is 2. The van der Waals surface area contributed by atoms with Gasteiger partial charge in [-0.1, -0.05) is 24.3 Å². The fourth-order valence-corrected chi connectivity index (χ4v) is 3.89. The van der Waals surface area contributed by atoms with Crippen molar-refractivity contribution in [2.24, 2.45) is 5.10 Å². The Hall–Kier alpha value is -3.07. The van der Waals surface area contributed by atoms with Gasteiger partial charge in [-0.25, -0.2) is 13.8 Å². The minimum absolute atomic E-state index is 0.392. The summed E-state index contributed by atoms with van der Waals surface area (Å²) in [5.41, 5.74) is 4.96. The van der Waals surface area contributed by atoms with Crippen molar-refractivity contribution in [3.8, 4) is 11.5 Å². The first kappa shape index (κ1) is 22.2. The summed E-state index contributed by atoms with van der Waals surface area (Å²) in [6.07, 6.45) is 2.47. The van der Waals surface area contributed by atoms with Crippen LogP contribution in [0.2, 0.25) is 0 Å². The number of amides is 1. The van der Waals surface area contributed by atoms with Crippen molar-refractivity contribution >= 4 is 27.8 Å². The normalized spacial score (nSPS) is 11.3. The van der Waals surface area contributed by atoms with E-state index in [1.165, 1.54) is 20.4 Å². The second kappa shape index (κ2) is 9.42. The highest BCUT2D eigenvalue weighted by Gasteiger charge is 2.23. The molecule has 2 rings (SSSR count). The maximum atomic E-state index is 12.4. The summed E-state index contributed by atoms with van der Waals surface area (Å²) in [5.74, 6) is 0.429. The van der Waals surface area contributed by atoms with E-state index in [2.05, 4.69) is 10.5 Å². The summed E-state index contributed by atoms with van der Waals surface area (Å²) < 4.78 is 36.2. The SMILES string of the molecule is COc1cccc(/C=N/NC(=O)CN(c2c(C)cccc2C)S(C)(=O)=O)c1OC. The minimum Gasteiger partial charge on any atom is -0.493 e. The number of sulfonamides is 1. The van der Waals surface area contributed by atoms with Gasteiger partial charge < -0.3 is 9.47 Å². The van der Waals surface area contributed by atoms with E-state index < -0.39 is 22.5 Å². The molecule has 2 aromatic rings. The lowest BCUT2D eigenvalue weighted by Gasteiger charge is -2.25. The molecule has 0 saturated carbocycles. The molecule has 0 spiro atoms. The van der Waals surface area contributed by atoms with Gasteiger partial charge >= 0.3 is 0 Å². The second-order valence-electron chi connectivity index (χ2n) is 6.39. The average Bonchev–Trinajstić information content (AvgIpc) is 2.66. The molecule has 0 unspecified atom stereocenters. The maximum absolute atomic E-state index is 12.4. The molecule has 0 saturated heterocycles. The third-order valence-corrected chi connectivity index (χ3v) is 5.32. The van der Waals surface area contributed by atoms with Crippen molar-refractivity contribution in [2.75, 3.05) is 31.3 Å². The summed E-state index contributed by atoms with van der Waals surface area (Å²) in [5, 5.41) is 3.92. The van der Waals surface area contributed by atoms with E-state index in [1.807, 2.05) is 6.07 Å². The molecule has 29 heavy (non-hydrogen) atoms. The van der Waals surface area contributed by atoms with Gasteiger partial charge in [0.15, 0.2) is 11.5 Å². The Kier molecular flexibility index (Phi) is 7.22. The quantitative estimate of drug-likeness (QED) is 0.523. The molecule has 8 nitrogen and oxygen atoms in total. The molecule has 0 aliphatic rings. The van der Waals surface area contributed by atoms with E-state index in [0.29, 0.717) is 22.7 Å². The van der Waals surface area contributed by atoms with Crippen LogP contribution in [0.3, 0.4) is 0 Å². The Balaban J connectivity index is 2.19. The van der Waals surface area contributed by atoms with E-state index in [9.17, 15) is 13.2 Å². The van der Waals surface area contributed by atoms with Crippen LogP contribution in [-0.2, 0) is 14.8 Å². The number of benzene rings is 2. The predicted molar refractivity (Wildman–Crippen MR) is 113 cm³/mol. The van der Waals surface area contributed by atoms with Crippen LogP contribution in [0.1, 0.15) is 16.7 Å². The smallest absolute Gasteiger partial charge is 0.260 e. The van der Waals surface area contributed by atoms with Crippen molar-refractivity contribution in [2.45, 2.75) is 13.8 Å². The largest absolute Gasteiger partial charge is 0.493 e. The highest BCUT2D eigenvalue weighted by molar-refractivity contribution is 7.92. The van der Waals surface area contributed by atoms with Gasteiger partial charge in [-0.15, -0.1) is 0 Å². The molecule has 0 aromatic heterocycles. The van der Waals surface area contributed by atoms with Crippen LogP contribution in [0, 0.1) is 13.8 Å². The number of rotatable bonds is 8. The number of carbonyl (C=O) groups excluding carboxylic acids is 1. The number of methoxy groups -OCH3 is 2. The van der Waals surface area contributed by atoms with Gasteiger partial charge in [0.05, 0.1) is 32.4 Å². The maximum Gasteiger partial charge on any atom is 0.260 e. The molecular formula is C20H25N3O5S. The Bertz CT molecular complexity index is 999. The van der Waals surface area contributed by atoms with Crippen molar-refractivity contribution in [1.29, 1.82) is 0 Å². The summed E-state index contributed by atoms with van der Waals surface area (Å²) in [6.45, 7) is 3.20.